The summed E-state index contributed by atoms with van der Waals surface area (Å²) in [6, 6.07) is 8.56. The van der Waals surface area contributed by atoms with Gasteiger partial charge in [0.1, 0.15) is 0 Å². The number of nitrogens with zero attached hydrogens (tertiary/aromatic N) is 2. The highest BCUT2D eigenvalue weighted by Crippen LogP contribution is 2.33. The van der Waals surface area contributed by atoms with Gasteiger partial charge in [0.05, 0.1) is 5.54 Å². The Balaban J connectivity index is 1.63. The normalized spacial score (nSPS) is 17.8. The molecule has 0 amide bonds. The maximum Gasteiger partial charge on any atom is 0.227 e. The van der Waals surface area contributed by atoms with Crippen molar-refractivity contribution in [1.82, 2.24) is 10.1 Å². The summed E-state index contributed by atoms with van der Waals surface area (Å²) < 4.78 is 5.39. The van der Waals surface area contributed by atoms with Gasteiger partial charge in [0, 0.05) is 6.42 Å². The van der Waals surface area contributed by atoms with Crippen LogP contribution in [0.3, 0.4) is 0 Å². The van der Waals surface area contributed by atoms with Gasteiger partial charge < -0.3 is 10.3 Å². The molecule has 0 spiro atoms. The lowest BCUT2D eigenvalue weighted by molar-refractivity contribution is 0.273. The second-order valence-corrected chi connectivity index (χ2v) is 6.21. The van der Waals surface area contributed by atoms with Crippen molar-refractivity contribution in [3.8, 4) is 0 Å². The highest BCUT2D eigenvalue weighted by atomic mass is 16.5. The zero-order valence-corrected chi connectivity index (χ0v) is 12.6. The Morgan fingerprint density at radius 1 is 1.10 bits per heavy atom. The fraction of sp³-hybridized carbons (Fsp3) is 0.529. The minimum absolute atomic E-state index is 0.371. The summed E-state index contributed by atoms with van der Waals surface area (Å²) in [6.07, 6.45) is 7.18. The van der Waals surface area contributed by atoms with E-state index in [4.69, 9.17) is 10.3 Å². The molecule has 1 aliphatic rings. The zero-order chi connectivity index (χ0) is 14.7. The van der Waals surface area contributed by atoms with Crippen molar-refractivity contribution in [2.45, 2.75) is 57.4 Å². The lowest BCUT2D eigenvalue weighted by atomic mass is 9.82. The molecule has 4 heteroatoms. The Bertz CT molecular complexity index is 582. The minimum atomic E-state index is -0.371. The van der Waals surface area contributed by atoms with E-state index in [1.165, 1.54) is 17.5 Å². The van der Waals surface area contributed by atoms with Crippen LogP contribution in [0.5, 0.6) is 0 Å². The van der Waals surface area contributed by atoms with Crippen LogP contribution in [0.25, 0.3) is 0 Å². The molecule has 4 nitrogen and oxygen atoms in total. The summed E-state index contributed by atoms with van der Waals surface area (Å²) >= 11 is 0. The molecule has 0 saturated heterocycles. The van der Waals surface area contributed by atoms with E-state index >= 15 is 0 Å². The van der Waals surface area contributed by atoms with Crippen LogP contribution in [0.2, 0.25) is 0 Å². The lowest BCUT2D eigenvalue weighted by Crippen LogP contribution is -2.39. The Kier molecular flexibility index (Phi) is 4.06. The van der Waals surface area contributed by atoms with E-state index in [1.807, 2.05) is 0 Å². The molecule has 1 fully saturated rings. The first-order chi connectivity index (χ1) is 10.2. The molecule has 0 bridgehead atoms. The van der Waals surface area contributed by atoms with Gasteiger partial charge in [-0.1, -0.05) is 54.2 Å². The fourth-order valence-electron chi connectivity index (χ4n) is 2.97. The monoisotopic (exact) mass is 285 g/mol. The van der Waals surface area contributed by atoms with Crippen LogP contribution in [-0.2, 0) is 18.4 Å². The molecule has 2 aromatic rings. The van der Waals surface area contributed by atoms with Gasteiger partial charge >= 0.3 is 0 Å². The number of nitrogens with two attached hydrogens (primary N) is 1. The third-order valence-corrected chi connectivity index (χ3v) is 4.41. The molecule has 0 aliphatic heterocycles. The highest BCUT2D eigenvalue weighted by Gasteiger charge is 2.34. The van der Waals surface area contributed by atoms with Crippen molar-refractivity contribution >= 4 is 0 Å². The van der Waals surface area contributed by atoms with Crippen LogP contribution in [0.4, 0.5) is 0 Å². The number of aromatic nitrogens is 2. The summed E-state index contributed by atoms with van der Waals surface area (Å²) in [6.45, 7) is 2.10. The molecule has 1 aromatic carbocycles. The zero-order valence-electron chi connectivity index (χ0n) is 12.6. The van der Waals surface area contributed by atoms with Crippen molar-refractivity contribution in [2.75, 3.05) is 0 Å². The third-order valence-electron chi connectivity index (χ3n) is 4.41. The standard InChI is InChI=1S/C17H23N3O/c1-13-5-7-14(8-6-13)9-10-15-19-16(20-21-15)17(18)11-3-2-4-12-17/h5-8H,2-4,9-12,18H2,1H3. The molecule has 1 aliphatic carbocycles. The second kappa shape index (κ2) is 5.98. The SMILES string of the molecule is Cc1ccc(CCc2nc(C3(N)CCCCC3)no2)cc1. The van der Waals surface area contributed by atoms with Crippen molar-refractivity contribution in [2.24, 2.45) is 5.73 Å². The predicted octanol–water partition coefficient (Wildman–Crippen LogP) is 3.28. The molecule has 0 atom stereocenters. The van der Waals surface area contributed by atoms with Gasteiger partial charge in [-0.3, -0.25) is 0 Å². The van der Waals surface area contributed by atoms with Crippen LogP contribution in [0, 0.1) is 6.92 Å². The van der Waals surface area contributed by atoms with E-state index in [1.54, 1.807) is 0 Å². The molecule has 112 valence electrons. The summed E-state index contributed by atoms with van der Waals surface area (Å²) in [5.74, 6) is 1.39. The predicted molar refractivity (Wildman–Crippen MR) is 81.8 cm³/mol. The van der Waals surface area contributed by atoms with E-state index in [9.17, 15) is 0 Å². The smallest absolute Gasteiger partial charge is 0.227 e. The summed E-state index contributed by atoms with van der Waals surface area (Å²) in [4.78, 5) is 4.54. The first-order valence-electron chi connectivity index (χ1n) is 7.83. The molecular weight excluding hydrogens is 262 g/mol. The van der Waals surface area contributed by atoms with Gasteiger partial charge in [0.2, 0.25) is 5.89 Å². The Morgan fingerprint density at radius 2 is 1.81 bits per heavy atom. The van der Waals surface area contributed by atoms with E-state index in [2.05, 4.69) is 41.3 Å². The molecule has 0 unspecified atom stereocenters. The van der Waals surface area contributed by atoms with E-state index in [0.717, 1.165) is 38.5 Å². The van der Waals surface area contributed by atoms with Crippen molar-refractivity contribution < 1.29 is 4.52 Å². The van der Waals surface area contributed by atoms with Crippen LogP contribution >= 0.6 is 0 Å². The lowest BCUT2D eigenvalue weighted by Gasteiger charge is -2.29. The van der Waals surface area contributed by atoms with Gasteiger partial charge in [0.25, 0.3) is 0 Å². The van der Waals surface area contributed by atoms with Gasteiger partial charge in [0.15, 0.2) is 5.82 Å². The maximum atomic E-state index is 6.43. The largest absolute Gasteiger partial charge is 0.339 e. The quantitative estimate of drug-likeness (QED) is 0.936. The molecule has 1 heterocycles. The second-order valence-electron chi connectivity index (χ2n) is 6.21. The third kappa shape index (κ3) is 3.32. The first kappa shape index (κ1) is 14.3. The van der Waals surface area contributed by atoms with E-state index < -0.39 is 0 Å². The van der Waals surface area contributed by atoms with Crippen LogP contribution in [-0.4, -0.2) is 10.1 Å². The molecule has 1 aromatic heterocycles. The van der Waals surface area contributed by atoms with Gasteiger partial charge in [-0.2, -0.15) is 4.98 Å². The van der Waals surface area contributed by atoms with Crippen molar-refractivity contribution in [1.29, 1.82) is 0 Å². The summed E-state index contributed by atoms with van der Waals surface area (Å²) in [5, 5.41) is 4.13. The number of hydrogen-bond donors (Lipinski definition) is 1. The van der Waals surface area contributed by atoms with Crippen molar-refractivity contribution in [3.63, 3.8) is 0 Å². The molecule has 1 saturated carbocycles. The van der Waals surface area contributed by atoms with Crippen LogP contribution in [0.15, 0.2) is 28.8 Å². The maximum absolute atomic E-state index is 6.43. The molecule has 3 rings (SSSR count). The Morgan fingerprint density at radius 3 is 2.52 bits per heavy atom. The Labute approximate surface area is 125 Å². The summed E-state index contributed by atoms with van der Waals surface area (Å²) in [7, 11) is 0. The van der Waals surface area contributed by atoms with Crippen molar-refractivity contribution in [3.05, 3.63) is 47.1 Å². The van der Waals surface area contributed by atoms with Gasteiger partial charge in [-0.15, -0.1) is 0 Å². The van der Waals surface area contributed by atoms with E-state index in [0.29, 0.717) is 11.7 Å². The highest BCUT2D eigenvalue weighted by molar-refractivity contribution is 5.21. The molecule has 21 heavy (non-hydrogen) atoms. The Hall–Kier alpha value is -1.68. The average Bonchev–Trinajstić information content (AvgIpc) is 2.97. The topological polar surface area (TPSA) is 64.9 Å². The number of rotatable bonds is 4. The fourth-order valence-corrected chi connectivity index (χ4v) is 2.97. The number of aryl methyl sites for hydroxylation is 3. The molecule has 2 N–H and O–H groups in total. The van der Waals surface area contributed by atoms with Crippen LogP contribution in [0.1, 0.15) is 54.9 Å². The minimum Gasteiger partial charge on any atom is -0.339 e. The number of benzene rings is 1. The number of hydrogen-bond acceptors (Lipinski definition) is 4. The summed E-state index contributed by atoms with van der Waals surface area (Å²) in [5.41, 5.74) is 8.63. The van der Waals surface area contributed by atoms with Gasteiger partial charge in [-0.25, -0.2) is 0 Å². The van der Waals surface area contributed by atoms with Crippen LogP contribution < -0.4 is 5.73 Å². The molecular formula is C17H23N3O. The molecule has 0 radical (unpaired) electrons. The van der Waals surface area contributed by atoms with E-state index in [-0.39, 0.29) is 5.54 Å². The average molecular weight is 285 g/mol. The first-order valence-corrected chi connectivity index (χ1v) is 7.83. The van der Waals surface area contributed by atoms with Gasteiger partial charge in [-0.05, 0) is 31.7 Å².